The highest BCUT2D eigenvalue weighted by Crippen LogP contribution is 2.44. The first-order valence-corrected chi connectivity index (χ1v) is 12.0. The molecule has 0 N–H and O–H groups in total. The summed E-state index contributed by atoms with van der Waals surface area (Å²) in [4.78, 5) is 19.2. The molecular formula is C23H23BrN4O2S. The van der Waals surface area contributed by atoms with Crippen LogP contribution >= 0.6 is 27.7 Å². The molecule has 1 aliphatic heterocycles. The van der Waals surface area contributed by atoms with Crippen LogP contribution in [0.3, 0.4) is 0 Å². The van der Waals surface area contributed by atoms with E-state index in [1.807, 2.05) is 49.4 Å². The first kappa shape index (κ1) is 21.8. The third kappa shape index (κ3) is 4.60. The number of anilines is 1. The Bertz CT molecular complexity index is 1120. The fraction of sp³-hybridized carbons (Fsp3) is 0.304. The number of rotatable bonds is 5. The molecule has 0 fully saturated rings. The van der Waals surface area contributed by atoms with E-state index in [1.165, 1.54) is 0 Å². The van der Waals surface area contributed by atoms with Crippen LogP contribution in [0.4, 0.5) is 5.69 Å². The third-order valence-corrected chi connectivity index (χ3v) is 6.38. The number of aryl methyl sites for hydroxylation is 1. The van der Waals surface area contributed by atoms with Crippen molar-refractivity contribution in [1.29, 1.82) is 0 Å². The van der Waals surface area contributed by atoms with Crippen LogP contribution in [-0.2, 0) is 4.79 Å². The predicted octanol–water partition coefficient (Wildman–Crippen LogP) is 5.95. The lowest BCUT2D eigenvalue weighted by atomic mass is 10.0. The van der Waals surface area contributed by atoms with E-state index in [-0.39, 0.29) is 5.91 Å². The van der Waals surface area contributed by atoms with Crippen molar-refractivity contribution in [2.45, 2.75) is 45.0 Å². The molecule has 160 valence electrons. The number of amides is 1. The van der Waals surface area contributed by atoms with Gasteiger partial charge in [0.25, 0.3) is 0 Å². The summed E-state index contributed by atoms with van der Waals surface area (Å²) in [6, 6.07) is 13.7. The van der Waals surface area contributed by atoms with Crippen LogP contribution in [0, 0.1) is 6.92 Å². The Hall–Kier alpha value is -2.45. The molecule has 6 nitrogen and oxygen atoms in total. The number of halogens is 1. The summed E-state index contributed by atoms with van der Waals surface area (Å²) < 4.78 is 7.30. The number of unbranched alkanes of at least 4 members (excludes halogenated alkanes) is 1. The fourth-order valence-corrected chi connectivity index (χ4v) is 4.74. The number of carbonyl (C=O) groups excluding carboxylic acids is 1. The average Bonchev–Trinajstić information content (AvgIpc) is 2.88. The molecule has 2 aromatic carbocycles. The van der Waals surface area contributed by atoms with Gasteiger partial charge in [-0.2, -0.15) is 4.98 Å². The Morgan fingerprint density at radius 3 is 2.81 bits per heavy atom. The van der Waals surface area contributed by atoms with Crippen LogP contribution in [-0.4, -0.2) is 26.8 Å². The van der Waals surface area contributed by atoms with E-state index in [2.05, 4.69) is 38.0 Å². The second kappa shape index (κ2) is 9.36. The molecular weight excluding hydrogens is 476 g/mol. The van der Waals surface area contributed by atoms with Crippen molar-refractivity contribution in [1.82, 2.24) is 15.2 Å². The molecule has 1 aromatic heterocycles. The summed E-state index contributed by atoms with van der Waals surface area (Å²) in [5.41, 5.74) is 3.94. The molecule has 3 aromatic rings. The number of thioether (sulfide) groups is 1. The molecule has 0 saturated carbocycles. The van der Waals surface area contributed by atoms with Crippen LogP contribution in [0.2, 0.25) is 0 Å². The molecule has 1 aliphatic rings. The standard InChI is InChI=1S/C23H23BrN4O2S/c1-4-5-11-31-23-25-21-20(26-27-23)18-12-14(2)9-10-19(18)28(15(3)29)22(30-21)16-7-6-8-17(24)13-16/h6-10,12-13,22H,4-5,11H2,1-3H3. The Balaban J connectivity index is 1.89. The van der Waals surface area contributed by atoms with E-state index in [0.717, 1.165) is 45.4 Å². The highest BCUT2D eigenvalue weighted by molar-refractivity contribution is 9.10. The highest BCUT2D eigenvalue weighted by atomic mass is 79.9. The van der Waals surface area contributed by atoms with Gasteiger partial charge >= 0.3 is 0 Å². The second-order valence-electron chi connectivity index (χ2n) is 7.38. The van der Waals surface area contributed by atoms with Gasteiger partial charge in [0.1, 0.15) is 0 Å². The Morgan fingerprint density at radius 2 is 2.06 bits per heavy atom. The predicted molar refractivity (Wildman–Crippen MR) is 126 cm³/mol. The maximum atomic E-state index is 12.8. The highest BCUT2D eigenvalue weighted by Gasteiger charge is 2.34. The normalized spacial score (nSPS) is 15.0. The Kier molecular flexibility index (Phi) is 6.57. The summed E-state index contributed by atoms with van der Waals surface area (Å²) in [5, 5.41) is 9.38. The zero-order valence-corrected chi connectivity index (χ0v) is 20.0. The van der Waals surface area contributed by atoms with Crippen molar-refractivity contribution in [3.8, 4) is 17.1 Å². The number of ether oxygens (including phenoxy) is 1. The zero-order chi connectivity index (χ0) is 22.0. The number of fused-ring (bicyclic) bond motifs is 3. The van der Waals surface area contributed by atoms with E-state index in [9.17, 15) is 4.79 Å². The van der Waals surface area contributed by atoms with Crippen molar-refractivity contribution in [3.63, 3.8) is 0 Å². The maximum Gasteiger partial charge on any atom is 0.247 e. The lowest BCUT2D eigenvalue weighted by Crippen LogP contribution is -2.36. The SMILES string of the molecule is CCCCSc1nnc2c(n1)OC(c1cccc(Br)c1)N(C(C)=O)c1ccc(C)cc1-2. The van der Waals surface area contributed by atoms with Crippen molar-refractivity contribution < 1.29 is 9.53 Å². The van der Waals surface area contributed by atoms with Gasteiger partial charge < -0.3 is 4.74 Å². The lowest BCUT2D eigenvalue weighted by molar-refractivity contribution is -0.118. The van der Waals surface area contributed by atoms with Crippen LogP contribution in [0.25, 0.3) is 11.3 Å². The van der Waals surface area contributed by atoms with Crippen molar-refractivity contribution >= 4 is 39.3 Å². The van der Waals surface area contributed by atoms with E-state index < -0.39 is 6.23 Å². The Morgan fingerprint density at radius 1 is 1.23 bits per heavy atom. The summed E-state index contributed by atoms with van der Waals surface area (Å²) >= 11 is 5.09. The minimum atomic E-state index is -0.678. The summed E-state index contributed by atoms with van der Waals surface area (Å²) in [6.45, 7) is 5.70. The van der Waals surface area contributed by atoms with Gasteiger partial charge in [-0.25, -0.2) is 0 Å². The van der Waals surface area contributed by atoms with Gasteiger partial charge in [-0.3, -0.25) is 9.69 Å². The minimum absolute atomic E-state index is 0.131. The smallest absolute Gasteiger partial charge is 0.247 e. The monoisotopic (exact) mass is 498 g/mol. The third-order valence-electron chi connectivity index (χ3n) is 4.96. The molecule has 31 heavy (non-hydrogen) atoms. The zero-order valence-electron chi connectivity index (χ0n) is 17.6. The van der Waals surface area contributed by atoms with Gasteiger partial charge in [-0.1, -0.05) is 64.8 Å². The van der Waals surface area contributed by atoms with Crippen LogP contribution < -0.4 is 9.64 Å². The van der Waals surface area contributed by atoms with E-state index in [4.69, 9.17) is 4.74 Å². The average molecular weight is 499 g/mol. The maximum absolute atomic E-state index is 12.8. The summed E-state index contributed by atoms with van der Waals surface area (Å²) in [5.74, 6) is 1.17. The molecule has 0 saturated heterocycles. The van der Waals surface area contributed by atoms with E-state index >= 15 is 0 Å². The van der Waals surface area contributed by atoms with Crippen molar-refractivity contribution in [2.24, 2.45) is 0 Å². The molecule has 0 bridgehead atoms. The van der Waals surface area contributed by atoms with Crippen molar-refractivity contribution in [3.05, 3.63) is 58.1 Å². The molecule has 8 heteroatoms. The van der Waals surface area contributed by atoms with Gasteiger partial charge in [0.15, 0.2) is 5.69 Å². The van der Waals surface area contributed by atoms with Gasteiger partial charge in [0, 0.05) is 28.3 Å². The molecule has 0 aliphatic carbocycles. The summed E-state index contributed by atoms with van der Waals surface area (Å²) in [7, 11) is 0. The molecule has 1 atom stereocenters. The molecule has 2 heterocycles. The lowest BCUT2D eigenvalue weighted by Gasteiger charge is -2.30. The number of carbonyl (C=O) groups is 1. The first-order chi connectivity index (χ1) is 15.0. The van der Waals surface area contributed by atoms with Gasteiger partial charge in [-0.15, -0.1) is 10.2 Å². The largest absolute Gasteiger partial charge is 0.447 e. The molecule has 1 amide bonds. The minimum Gasteiger partial charge on any atom is -0.447 e. The fourth-order valence-electron chi connectivity index (χ4n) is 3.46. The van der Waals surface area contributed by atoms with Gasteiger partial charge in [-0.05, 0) is 37.6 Å². The molecule has 4 rings (SSSR count). The number of hydrogen-bond donors (Lipinski definition) is 0. The van der Waals surface area contributed by atoms with Crippen LogP contribution in [0.15, 0.2) is 52.1 Å². The van der Waals surface area contributed by atoms with Crippen LogP contribution in [0.1, 0.15) is 44.0 Å². The number of hydrogen-bond acceptors (Lipinski definition) is 6. The van der Waals surface area contributed by atoms with Crippen LogP contribution in [0.5, 0.6) is 5.88 Å². The van der Waals surface area contributed by atoms with Gasteiger partial charge in [0.05, 0.1) is 5.69 Å². The molecule has 0 spiro atoms. The molecule has 1 unspecified atom stereocenters. The number of aromatic nitrogens is 3. The quantitative estimate of drug-likeness (QED) is 0.320. The van der Waals surface area contributed by atoms with E-state index in [0.29, 0.717) is 16.7 Å². The molecule has 0 radical (unpaired) electrons. The first-order valence-electron chi connectivity index (χ1n) is 10.2. The summed E-state index contributed by atoms with van der Waals surface area (Å²) in [6.07, 6.45) is 1.50. The van der Waals surface area contributed by atoms with Crippen molar-refractivity contribution in [2.75, 3.05) is 10.7 Å². The topological polar surface area (TPSA) is 68.2 Å². The second-order valence-corrected chi connectivity index (χ2v) is 9.36. The van der Waals surface area contributed by atoms with Gasteiger partial charge in [0.2, 0.25) is 23.2 Å². The number of nitrogens with zero attached hydrogens (tertiary/aromatic N) is 4. The Labute approximate surface area is 194 Å². The van der Waals surface area contributed by atoms with E-state index in [1.54, 1.807) is 23.6 Å². The number of benzene rings is 2.